The second-order valence-corrected chi connectivity index (χ2v) is 8.69. The molecule has 1 amide bonds. The number of carbonyl (C=O) groups is 1. The molecule has 29 heavy (non-hydrogen) atoms. The normalized spacial score (nSPS) is 20.0. The lowest BCUT2D eigenvalue weighted by Gasteiger charge is -2.33. The van der Waals surface area contributed by atoms with Gasteiger partial charge < -0.3 is 14.0 Å². The second-order valence-electron chi connectivity index (χ2n) is 8.69. The largest absolute Gasteiger partial charge is 0.329 e. The van der Waals surface area contributed by atoms with Crippen LogP contribution in [-0.2, 0) is 6.54 Å². The van der Waals surface area contributed by atoms with Gasteiger partial charge in [0.15, 0.2) is 11.5 Å². The molecule has 0 radical (unpaired) electrons. The summed E-state index contributed by atoms with van der Waals surface area (Å²) < 4.78 is 4.36. The molecular formula is C21H27N7O. The monoisotopic (exact) mass is 393 g/mol. The molecule has 5 rings (SSSR count). The van der Waals surface area contributed by atoms with Crippen molar-refractivity contribution >= 4 is 17.1 Å². The van der Waals surface area contributed by atoms with Gasteiger partial charge >= 0.3 is 0 Å². The van der Waals surface area contributed by atoms with E-state index < -0.39 is 0 Å². The molecule has 3 aromatic rings. The van der Waals surface area contributed by atoms with Gasteiger partial charge in [-0.05, 0) is 25.8 Å². The van der Waals surface area contributed by atoms with Crippen LogP contribution in [0.3, 0.4) is 0 Å². The lowest BCUT2D eigenvalue weighted by Crippen LogP contribution is -2.41. The summed E-state index contributed by atoms with van der Waals surface area (Å²) in [5.74, 6) is 2.12. The number of nitrogens with zero attached hydrogens (tertiary/aromatic N) is 7. The van der Waals surface area contributed by atoms with Crippen molar-refractivity contribution in [1.29, 1.82) is 0 Å². The van der Waals surface area contributed by atoms with Gasteiger partial charge in [-0.1, -0.05) is 26.7 Å². The minimum Gasteiger partial charge on any atom is -0.329 e. The summed E-state index contributed by atoms with van der Waals surface area (Å²) in [6.45, 7) is 7.46. The fourth-order valence-corrected chi connectivity index (χ4v) is 4.78. The van der Waals surface area contributed by atoms with E-state index >= 15 is 0 Å². The Morgan fingerprint density at radius 1 is 1.17 bits per heavy atom. The van der Waals surface area contributed by atoms with Crippen molar-refractivity contribution in [3.05, 3.63) is 35.8 Å². The highest BCUT2D eigenvalue weighted by atomic mass is 16.2. The average Bonchev–Trinajstić information content (AvgIpc) is 3.44. The van der Waals surface area contributed by atoms with Gasteiger partial charge in [0, 0.05) is 24.7 Å². The fourth-order valence-electron chi connectivity index (χ4n) is 4.78. The molecule has 1 aliphatic carbocycles. The zero-order valence-corrected chi connectivity index (χ0v) is 17.2. The average molecular weight is 393 g/mol. The molecule has 3 aromatic heterocycles. The van der Waals surface area contributed by atoms with Gasteiger partial charge in [-0.2, -0.15) is 0 Å². The number of hydrogen-bond acceptors (Lipinski definition) is 5. The third-order valence-corrected chi connectivity index (χ3v) is 6.23. The topological polar surface area (TPSA) is 81.7 Å². The number of aromatic nitrogens is 6. The van der Waals surface area contributed by atoms with Crippen molar-refractivity contribution in [2.75, 3.05) is 6.54 Å². The molecule has 8 heteroatoms. The Morgan fingerprint density at radius 3 is 2.72 bits per heavy atom. The Balaban J connectivity index is 1.41. The molecule has 1 aliphatic heterocycles. The maximum absolute atomic E-state index is 13.2. The molecule has 0 bridgehead atoms. The molecule has 2 aliphatic rings. The van der Waals surface area contributed by atoms with Gasteiger partial charge in [0.25, 0.3) is 5.91 Å². The highest BCUT2D eigenvalue weighted by Gasteiger charge is 2.30. The standard InChI is InChI=1S/C21H27N7O/c1-13(2)19-25-24-18-11-26(10-14(3)28(18)19)21(29)15-8-17-20(22-9-15)27(12-23-17)16-6-4-5-7-16/h8-9,12-14,16H,4-7,10-11H2,1-3H3/t14-/m0/s1. The summed E-state index contributed by atoms with van der Waals surface area (Å²) in [5.41, 5.74) is 2.25. The first-order valence-corrected chi connectivity index (χ1v) is 10.6. The quantitative estimate of drug-likeness (QED) is 0.680. The van der Waals surface area contributed by atoms with Crippen molar-refractivity contribution < 1.29 is 4.79 Å². The number of carbonyl (C=O) groups excluding carboxylic acids is 1. The summed E-state index contributed by atoms with van der Waals surface area (Å²) in [6.07, 6.45) is 8.45. The van der Waals surface area contributed by atoms with Crippen LogP contribution in [0.1, 0.15) is 86.5 Å². The van der Waals surface area contributed by atoms with Gasteiger partial charge in [-0.25, -0.2) is 9.97 Å². The molecular weight excluding hydrogens is 366 g/mol. The van der Waals surface area contributed by atoms with E-state index in [2.05, 4.69) is 50.1 Å². The van der Waals surface area contributed by atoms with Gasteiger partial charge in [0.1, 0.15) is 11.3 Å². The predicted molar refractivity (Wildman–Crippen MR) is 109 cm³/mol. The van der Waals surface area contributed by atoms with Crippen LogP contribution in [0, 0.1) is 0 Å². The maximum Gasteiger partial charge on any atom is 0.255 e. The Bertz CT molecular complexity index is 1060. The number of rotatable bonds is 3. The Morgan fingerprint density at radius 2 is 1.97 bits per heavy atom. The summed E-state index contributed by atoms with van der Waals surface area (Å²) in [5, 5.41) is 8.69. The lowest BCUT2D eigenvalue weighted by molar-refractivity contribution is 0.0679. The van der Waals surface area contributed by atoms with E-state index in [1.807, 2.05) is 17.3 Å². The van der Waals surface area contributed by atoms with Crippen LogP contribution in [-0.4, -0.2) is 46.7 Å². The highest BCUT2D eigenvalue weighted by Crippen LogP contribution is 2.32. The first-order chi connectivity index (χ1) is 14.0. The van der Waals surface area contributed by atoms with Gasteiger partial charge in [0.05, 0.1) is 24.5 Å². The summed E-state index contributed by atoms with van der Waals surface area (Å²) in [4.78, 5) is 24.2. The number of hydrogen-bond donors (Lipinski definition) is 0. The third kappa shape index (κ3) is 3.01. The van der Waals surface area contributed by atoms with Crippen LogP contribution in [0.2, 0.25) is 0 Å². The summed E-state index contributed by atoms with van der Waals surface area (Å²) in [6, 6.07) is 2.51. The van der Waals surface area contributed by atoms with E-state index in [0.717, 1.165) is 22.8 Å². The molecule has 0 saturated heterocycles. The number of imidazole rings is 1. The van der Waals surface area contributed by atoms with Gasteiger partial charge in [0.2, 0.25) is 0 Å². The van der Waals surface area contributed by atoms with Crippen molar-refractivity contribution in [1.82, 2.24) is 34.2 Å². The molecule has 1 atom stereocenters. The Labute approximate surface area is 170 Å². The first kappa shape index (κ1) is 18.3. The van der Waals surface area contributed by atoms with Crippen LogP contribution in [0.25, 0.3) is 11.2 Å². The molecule has 4 heterocycles. The SMILES string of the molecule is CC(C)c1nnc2n1[C@@H](C)CN(C(=O)c1cnc3c(c1)ncn3C1CCCC1)C2. The van der Waals surface area contributed by atoms with Crippen LogP contribution in [0.4, 0.5) is 0 Å². The maximum atomic E-state index is 13.2. The third-order valence-electron chi connectivity index (χ3n) is 6.23. The van der Waals surface area contributed by atoms with Crippen LogP contribution in [0.5, 0.6) is 0 Å². The lowest BCUT2D eigenvalue weighted by atomic mass is 10.1. The molecule has 0 N–H and O–H groups in total. The van der Waals surface area contributed by atoms with E-state index in [1.165, 1.54) is 25.7 Å². The van der Waals surface area contributed by atoms with E-state index in [-0.39, 0.29) is 11.9 Å². The van der Waals surface area contributed by atoms with E-state index in [9.17, 15) is 4.79 Å². The van der Waals surface area contributed by atoms with E-state index in [1.54, 1.807) is 6.20 Å². The van der Waals surface area contributed by atoms with Crippen LogP contribution in [0.15, 0.2) is 18.6 Å². The van der Waals surface area contributed by atoms with E-state index in [0.29, 0.717) is 30.6 Å². The van der Waals surface area contributed by atoms with Crippen LogP contribution >= 0.6 is 0 Å². The zero-order valence-electron chi connectivity index (χ0n) is 17.2. The fraction of sp³-hybridized carbons (Fsp3) is 0.571. The summed E-state index contributed by atoms with van der Waals surface area (Å²) in [7, 11) is 0. The van der Waals surface area contributed by atoms with E-state index in [4.69, 9.17) is 0 Å². The molecule has 0 aromatic carbocycles. The van der Waals surface area contributed by atoms with Crippen molar-refractivity contribution in [2.45, 2.75) is 71.0 Å². The van der Waals surface area contributed by atoms with Crippen molar-refractivity contribution in [2.24, 2.45) is 0 Å². The Kier molecular flexibility index (Phi) is 4.37. The van der Waals surface area contributed by atoms with Gasteiger partial charge in [-0.15, -0.1) is 10.2 Å². The zero-order chi connectivity index (χ0) is 20.1. The highest BCUT2D eigenvalue weighted by molar-refractivity contribution is 5.96. The Hall–Kier alpha value is -2.77. The molecule has 0 unspecified atom stereocenters. The number of fused-ring (bicyclic) bond motifs is 2. The van der Waals surface area contributed by atoms with Gasteiger partial charge in [-0.3, -0.25) is 4.79 Å². The number of amides is 1. The first-order valence-electron chi connectivity index (χ1n) is 10.6. The smallest absolute Gasteiger partial charge is 0.255 e. The summed E-state index contributed by atoms with van der Waals surface area (Å²) >= 11 is 0. The molecule has 8 nitrogen and oxygen atoms in total. The minimum absolute atomic E-state index is 0.0259. The molecule has 0 spiro atoms. The molecule has 152 valence electrons. The molecule has 1 saturated carbocycles. The minimum atomic E-state index is -0.0259. The predicted octanol–water partition coefficient (Wildman–Crippen LogP) is 3.48. The molecule has 1 fully saturated rings. The van der Waals surface area contributed by atoms with Crippen LogP contribution < -0.4 is 0 Å². The van der Waals surface area contributed by atoms with Crippen molar-refractivity contribution in [3.8, 4) is 0 Å². The van der Waals surface area contributed by atoms with Crippen molar-refractivity contribution in [3.63, 3.8) is 0 Å². The second kappa shape index (κ2) is 6.93. The number of pyridine rings is 1.